The van der Waals surface area contributed by atoms with Crippen LogP contribution in [0.1, 0.15) is 11.1 Å². The lowest BCUT2D eigenvalue weighted by molar-refractivity contribution is 0.602. The third-order valence-corrected chi connectivity index (χ3v) is 2.87. The molecule has 1 aromatic rings. The molecular weight excluding hydrogens is 186 g/mol. The van der Waals surface area contributed by atoms with E-state index in [2.05, 4.69) is 0 Å². The van der Waals surface area contributed by atoms with E-state index in [-0.39, 0.29) is 4.90 Å². The van der Waals surface area contributed by atoms with Crippen LogP contribution in [0.25, 0.3) is 0 Å². The van der Waals surface area contributed by atoms with Crippen LogP contribution in [0.4, 0.5) is 0 Å². The van der Waals surface area contributed by atoms with Gasteiger partial charge < -0.3 is 0 Å². The summed E-state index contributed by atoms with van der Waals surface area (Å²) in [7, 11) is -3.20. The molecule has 0 saturated carbocycles. The number of hydrogen-bond donors (Lipinski definition) is 0. The van der Waals surface area contributed by atoms with Crippen LogP contribution >= 0.6 is 0 Å². The molecule has 0 N–H and O–H groups in total. The van der Waals surface area contributed by atoms with Gasteiger partial charge in [0.15, 0.2) is 9.84 Å². The predicted molar refractivity (Wildman–Crippen MR) is 49.0 cm³/mol. The first-order valence-corrected chi connectivity index (χ1v) is 5.55. The molecule has 0 bridgehead atoms. The molecule has 0 atom stereocenters. The predicted octanol–water partition coefficient (Wildman–Crippen LogP) is 1.27. The van der Waals surface area contributed by atoms with E-state index in [1.807, 2.05) is 6.07 Å². The molecule has 0 fully saturated rings. The van der Waals surface area contributed by atoms with Gasteiger partial charge in [-0.15, -0.1) is 0 Å². The molecule has 0 heterocycles. The second kappa shape index (κ2) is 3.19. The Morgan fingerprint density at radius 2 is 2.00 bits per heavy atom. The largest absolute Gasteiger partial charge is 0.224 e. The fourth-order valence-corrected chi connectivity index (χ4v) is 1.60. The Bertz CT molecular complexity index is 469. The maximum Gasteiger partial charge on any atom is 0.175 e. The zero-order valence-electron chi connectivity index (χ0n) is 7.40. The summed E-state index contributed by atoms with van der Waals surface area (Å²) in [5, 5.41) is 8.66. The van der Waals surface area contributed by atoms with Crippen LogP contribution in [0, 0.1) is 18.3 Å². The number of rotatable bonds is 1. The highest BCUT2D eigenvalue weighted by Crippen LogP contribution is 2.14. The maximum atomic E-state index is 11.1. The van der Waals surface area contributed by atoms with Crippen molar-refractivity contribution in [2.24, 2.45) is 0 Å². The zero-order chi connectivity index (χ0) is 10.1. The van der Waals surface area contributed by atoms with Crippen molar-refractivity contribution in [2.45, 2.75) is 11.8 Å². The van der Waals surface area contributed by atoms with Crippen LogP contribution in [0.3, 0.4) is 0 Å². The van der Waals surface area contributed by atoms with Crippen LogP contribution in [-0.2, 0) is 9.84 Å². The van der Waals surface area contributed by atoms with Crippen molar-refractivity contribution in [3.05, 3.63) is 29.3 Å². The minimum Gasteiger partial charge on any atom is -0.224 e. The van der Waals surface area contributed by atoms with E-state index in [0.29, 0.717) is 5.56 Å². The molecule has 3 nitrogen and oxygen atoms in total. The lowest BCUT2D eigenvalue weighted by atomic mass is 10.1. The minimum atomic E-state index is -3.20. The van der Waals surface area contributed by atoms with Gasteiger partial charge in [-0.05, 0) is 24.6 Å². The van der Waals surface area contributed by atoms with Crippen molar-refractivity contribution in [3.8, 4) is 6.07 Å². The summed E-state index contributed by atoms with van der Waals surface area (Å²) < 4.78 is 22.2. The number of hydrogen-bond acceptors (Lipinski definition) is 3. The lowest BCUT2D eigenvalue weighted by Gasteiger charge is -2.00. The molecule has 0 aliphatic carbocycles. The molecule has 0 aliphatic heterocycles. The van der Waals surface area contributed by atoms with E-state index in [1.165, 1.54) is 12.1 Å². The maximum absolute atomic E-state index is 11.1. The van der Waals surface area contributed by atoms with E-state index >= 15 is 0 Å². The molecule has 1 aromatic carbocycles. The lowest BCUT2D eigenvalue weighted by Crippen LogP contribution is -1.98. The highest BCUT2D eigenvalue weighted by Gasteiger charge is 2.08. The van der Waals surface area contributed by atoms with Crippen molar-refractivity contribution >= 4 is 9.84 Å². The summed E-state index contributed by atoms with van der Waals surface area (Å²) in [6.07, 6.45) is 1.12. The molecule has 4 heteroatoms. The van der Waals surface area contributed by atoms with Crippen molar-refractivity contribution in [2.75, 3.05) is 6.26 Å². The van der Waals surface area contributed by atoms with Gasteiger partial charge in [-0.3, -0.25) is 0 Å². The van der Waals surface area contributed by atoms with Crippen molar-refractivity contribution < 1.29 is 8.42 Å². The second-order valence-electron chi connectivity index (χ2n) is 2.86. The Balaban J connectivity index is 3.41. The summed E-state index contributed by atoms with van der Waals surface area (Å²) in [4.78, 5) is 0.189. The number of nitrogens with zero attached hydrogens (tertiary/aromatic N) is 1. The summed E-state index contributed by atoms with van der Waals surface area (Å²) in [5.41, 5.74) is 1.19. The van der Waals surface area contributed by atoms with Crippen LogP contribution in [0.2, 0.25) is 0 Å². The number of aryl methyl sites for hydroxylation is 1. The Hall–Kier alpha value is -1.34. The Morgan fingerprint density at radius 1 is 1.38 bits per heavy atom. The van der Waals surface area contributed by atoms with Crippen molar-refractivity contribution in [3.63, 3.8) is 0 Å². The topological polar surface area (TPSA) is 57.9 Å². The van der Waals surface area contributed by atoms with Gasteiger partial charge in [0.1, 0.15) is 0 Å². The third kappa shape index (κ3) is 2.07. The fourth-order valence-electron chi connectivity index (χ4n) is 0.952. The minimum absolute atomic E-state index is 0.189. The van der Waals surface area contributed by atoms with Gasteiger partial charge in [0, 0.05) is 6.26 Å². The molecule has 0 aromatic heterocycles. The average molecular weight is 195 g/mol. The summed E-state index contributed by atoms with van der Waals surface area (Å²) in [5.74, 6) is 0. The molecule has 0 amide bonds. The summed E-state index contributed by atoms with van der Waals surface area (Å²) in [6.45, 7) is 1.77. The zero-order valence-corrected chi connectivity index (χ0v) is 8.22. The normalized spacial score (nSPS) is 10.8. The highest BCUT2D eigenvalue weighted by molar-refractivity contribution is 7.90. The molecule has 0 aliphatic rings. The van der Waals surface area contributed by atoms with E-state index in [0.717, 1.165) is 11.8 Å². The van der Waals surface area contributed by atoms with Gasteiger partial charge in [0.25, 0.3) is 0 Å². The monoisotopic (exact) mass is 195 g/mol. The average Bonchev–Trinajstić information content (AvgIpc) is 2.03. The summed E-state index contributed by atoms with van der Waals surface area (Å²) in [6, 6.07) is 6.48. The first-order chi connectivity index (χ1) is 5.95. The third-order valence-electron chi connectivity index (χ3n) is 1.76. The molecule has 0 saturated heterocycles. The van der Waals surface area contributed by atoms with E-state index in [9.17, 15) is 8.42 Å². The molecule has 0 unspecified atom stereocenters. The first-order valence-electron chi connectivity index (χ1n) is 3.66. The summed E-state index contributed by atoms with van der Waals surface area (Å²) >= 11 is 0. The molecule has 68 valence electrons. The van der Waals surface area contributed by atoms with Crippen LogP contribution in [-0.4, -0.2) is 14.7 Å². The quantitative estimate of drug-likeness (QED) is 0.678. The highest BCUT2D eigenvalue weighted by atomic mass is 32.2. The number of sulfone groups is 1. The fraction of sp³-hybridized carbons (Fsp3) is 0.222. The van der Waals surface area contributed by atoms with Crippen molar-refractivity contribution in [1.29, 1.82) is 5.26 Å². The Morgan fingerprint density at radius 3 is 2.46 bits per heavy atom. The molecule has 0 spiro atoms. The van der Waals surface area contributed by atoms with Crippen molar-refractivity contribution in [1.82, 2.24) is 0 Å². The van der Waals surface area contributed by atoms with E-state index in [1.54, 1.807) is 13.0 Å². The van der Waals surface area contributed by atoms with Gasteiger partial charge >= 0.3 is 0 Å². The number of nitriles is 1. The smallest absolute Gasteiger partial charge is 0.175 e. The van der Waals surface area contributed by atoms with Gasteiger partial charge in [-0.2, -0.15) is 5.26 Å². The Kier molecular flexibility index (Phi) is 2.39. The van der Waals surface area contributed by atoms with Crippen LogP contribution < -0.4 is 0 Å². The molecule has 1 rings (SSSR count). The van der Waals surface area contributed by atoms with Gasteiger partial charge in [-0.1, -0.05) is 6.07 Å². The van der Waals surface area contributed by atoms with Gasteiger partial charge in [0.05, 0.1) is 16.5 Å². The van der Waals surface area contributed by atoms with Gasteiger partial charge in [0.2, 0.25) is 0 Å². The van der Waals surface area contributed by atoms with Gasteiger partial charge in [-0.25, -0.2) is 8.42 Å². The standard InChI is InChI=1S/C9H9NO2S/c1-7-3-4-9(13(2,11)12)5-8(7)6-10/h3-5H,1-2H3. The van der Waals surface area contributed by atoms with Crippen LogP contribution in [0.5, 0.6) is 0 Å². The number of benzene rings is 1. The van der Waals surface area contributed by atoms with Crippen LogP contribution in [0.15, 0.2) is 23.1 Å². The SMILES string of the molecule is Cc1ccc(S(C)(=O)=O)cc1C#N. The molecule has 0 radical (unpaired) electrons. The first kappa shape index (κ1) is 9.75. The molecule has 13 heavy (non-hydrogen) atoms. The second-order valence-corrected chi connectivity index (χ2v) is 4.88. The molecular formula is C9H9NO2S. The van der Waals surface area contributed by atoms with E-state index in [4.69, 9.17) is 5.26 Å². The van der Waals surface area contributed by atoms with E-state index < -0.39 is 9.84 Å². The Labute approximate surface area is 77.5 Å².